The van der Waals surface area contributed by atoms with Gasteiger partial charge in [-0.2, -0.15) is 0 Å². The molecule has 346 valence electrons. The van der Waals surface area contributed by atoms with Crippen LogP contribution in [0.15, 0.2) is 106 Å². The van der Waals surface area contributed by atoms with Gasteiger partial charge in [0.25, 0.3) is 23.6 Å². The van der Waals surface area contributed by atoms with Gasteiger partial charge in [-0.25, -0.2) is 0 Å². The molecule has 68 heavy (non-hydrogen) atoms. The summed E-state index contributed by atoms with van der Waals surface area (Å²) in [4.78, 5) is 57.1. The van der Waals surface area contributed by atoms with Crippen LogP contribution in [-0.2, 0) is 22.6 Å². The molecule has 3 saturated carbocycles. The monoisotopic (exact) mass is 910 g/mol. The highest BCUT2D eigenvalue weighted by Gasteiger charge is 2.64. The quantitative estimate of drug-likeness (QED) is 0.117. The molecule has 4 N–H and O–H groups in total. The highest BCUT2D eigenvalue weighted by molar-refractivity contribution is 6.19. The van der Waals surface area contributed by atoms with Crippen LogP contribution in [0.4, 0.5) is 0 Å². The highest BCUT2D eigenvalue weighted by Crippen LogP contribution is 2.59. The molecule has 12 nitrogen and oxygen atoms in total. The summed E-state index contributed by atoms with van der Waals surface area (Å²) in [5.41, 5.74) is 5.42. The Bertz CT molecular complexity index is 2980. The number of hydrogen-bond acceptors (Lipinski definition) is 8. The third-order valence-corrected chi connectivity index (χ3v) is 16.7. The van der Waals surface area contributed by atoms with Crippen molar-refractivity contribution in [3.05, 3.63) is 130 Å². The van der Waals surface area contributed by atoms with Crippen molar-refractivity contribution in [2.45, 2.75) is 88.9 Å². The second kappa shape index (κ2) is 16.6. The van der Waals surface area contributed by atoms with Crippen LogP contribution >= 0.6 is 0 Å². The Hall–Kier alpha value is -6.50. The van der Waals surface area contributed by atoms with E-state index in [9.17, 15) is 19.2 Å². The molecular formula is C56H54N4O8. The molecule has 0 spiro atoms. The second-order valence-corrected chi connectivity index (χ2v) is 20.2. The average molecular weight is 911 g/mol. The fraction of sp³-hybridized carbons (Fsp3) is 0.393. The minimum Gasteiger partial charge on any atom is -0.456 e. The summed E-state index contributed by atoms with van der Waals surface area (Å²) in [6.07, 6.45) is 8.80. The van der Waals surface area contributed by atoms with Crippen LogP contribution < -0.4 is 21.3 Å². The van der Waals surface area contributed by atoms with Crippen LogP contribution in [0.25, 0.3) is 43.9 Å². The number of furan rings is 2. The molecule has 6 aliphatic rings. The maximum absolute atomic E-state index is 14.3. The van der Waals surface area contributed by atoms with E-state index in [4.69, 9.17) is 18.3 Å². The third kappa shape index (κ3) is 6.76. The first-order chi connectivity index (χ1) is 33.4. The number of carbonyl (C=O) groups is 4. The lowest BCUT2D eigenvalue weighted by atomic mass is 9.57. The average Bonchev–Trinajstić information content (AvgIpc) is 4.16. The number of para-hydroxylation sites is 2. The van der Waals surface area contributed by atoms with Crippen molar-refractivity contribution in [2.75, 3.05) is 13.1 Å². The molecule has 4 amide bonds. The summed E-state index contributed by atoms with van der Waals surface area (Å²) in [6, 6.07) is 29.3. The summed E-state index contributed by atoms with van der Waals surface area (Å²) >= 11 is 0. The Kier molecular flexibility index (Phi) is 10.2. The summed E-state index contributed by atoms with van der Waals surface area (Å²) < 4.78 is 27.6. The number of nitrogens with one attached hydrogen (secondary N) is 4. The van der Waals surface area contributed by atoms with Crippen molar-refractivity contribution in [3.63, 3.8) is 0 Å². The zero-order valence-corrected chi connectivity index (χ0v) is 37.8. The van der Waals surface area contributed by atoms with Gasteiger partial charge < -0.3 is 39.6 Å². The topological polar surface area (TPSA) is 161 Å². The fourth-order valence-corrected chi connectivity index (χ4v) is 13.8. The lowest BCUT2D eigenvalue weighted by molar-refractivity contribution is -0.107. The molecule has 5 fully saturated rings. The number of benzene rings is 5. The van der Waals surface area contributed by atoms with Gasteiger partial charge >= 0.3 is 0 Å². The van der Waals surface area contributed by atoms with E-state index in [2.05, 4.69) is 21.3 Å². The zero-order valence-electron chi connectivity index (χ0n) is 37.8. The molecule has 12 heteroatoms. The van der Waals surface area contributed by atoms with Gasteiger partial charge in [0.1, 0.15) is 22.3 Å². The molecule has 0 unspecified atom stereocenters. The molecule has 8 bridgehead atoms. The number of fused-ring (bicyclic) bond motifs is 16. The van der Waals surface area contributed by atoms with Gasteiger partial charge in [0.15, 0.2) is 0 Å². The van der Waals surface area contributed by atoms with E-state index in [-0.39, 0.29) is 84.8 Å². The van der Waals surface area contributed by atoms with Crippen molar-refractivity contribution in [1.82, 2.24) is 21.3 Å². The van der Waals surface area contributed by atoms with Crippen LogP contribution in [0, 0.1) is 35.5 Å². The normalized spacial score (nSPS) is 29.8. The number of hydrogen-bond donors (Lipinski definition) is 4. The first kappa shape index (κ1) is 41.7. The second-order valence-electron chi connectivity index (χ2n) is 20.2. The van der Waals surface area contributed by atoms with Crippen LogP contribution in [0.2, 0.25) is 0 Å². The van der Waals surface area contributed by atoms with Gasteiger partial charge in [0.2, 0.25) is 0 Å². The summed E-state index contributed by atoms with van der Waals surface area (Å²) in [7, 11) is 0. The van der Waals surface area contributed by atoms with E-state index >= 15 is 0 Å². The SMILES string of the molecule is O=C1NCc2c3oc4ccccc4c3c(c3oc4ccccc4c23)CNC(=O)c2cccc(c2)C(=O)NC[C@@H]2[C@@H]3O[C@@H]4CCCC[C@@H]4[C@@H]3[C@H](CNC(=O)c3cccc1c3)[C@@H]1O[C@@H]3CCCC[C@@H]3[C@H]21. The number of amides is 4. The van der Waals surface area contributed by atoms with E-state index in [0.717, 1.165) is 84.0 Å². The fourth-order valence-electron chi connectivity index (χ4n) is 13.8. The third-order valence-electron chi connectivity index (χ3n) is 16.7. The predicted molar refractivity (Wildman–Crippen MR) is 256 cm³/mol. The predicted octanol–water partition coefficient (Wildman–Crippen LogP) is 9.21. The largest absolute Gasteiger partial charge is 0.456 e. The molecule has 13 rings (SSSR count). The van der Waals surface area contributed by atoms with E-state index in [1.54, 1.807) is 48.5 Å². The Morgan fingerprint density at radius 2 is 0.824 bits per heavy atom. The molecule has 5 aromatic carbocycles. The van der Waals surface area contributed by atoms with Gasteiger partial charge in [0, 0.05) is 92.9 Å². The number of carbonyl (C=O) groups excluding carboxylic acids is 4. The van der Waals surface area contributed by atoms with E-state index < -0.39 is 0 Å². The summed E-state index contributed by atoms with van der Waals surface area (Å²) in [5.74, 6) is -0.119. The van der Waals surface area contributed by atoms with Gasteiger partial charge in [-0.05, 0) is 97.9 Å². The molecular weight excluding hydrogens is 857 g/mol. The Morgan fingerprint density at radius 3 is 1.26 bits per heavy atom. The standard InChI is InChI=1S/C56H54N4O8/c61-53-29-11-9-13-31(23-29)55(63)59-27-39-47-35-17-3-7-21-43(35)68-52(47)40(48-36-18-4-8-22-44(36)67-51(39)48)28-60-56(64)32-14-10-12-30(24-32)54(62)58-26-38-46-34-16-2-6-20-42(34)66-50(46)37(25-57-53)45-33-15-1-5-19-41(33)65-49(38)45/h1-2,5-6,9-16,19-20,23-24,35-36,39-40,43-44,47-48,51-52H,3-4,7-8,17-18,21-22,25-28H2,(H,57,61)(H,58,62)(H,59,63)(H,60,64)/t35-,36-,39-,40-,43+,44+,47+,48+,51-,52-/m0/s1. The van der Waals surface area contributed by atoms with Crippen LogP contribution in [0.5, 0.6) is 0 Å². The molecule has 10 atom stereocenters. The van der Waals surface area contributed by atoms with Crippen LogP contribution in [0.3, 0.4) is 0 Å². The Labute approximate surface area is 392 Å². The molecule has 3 aliphatic carbocycles. The molecule has 3 aliphatic heterocycles. The molecule has 5 heterocycles. The summed E-state index contributed by atoms with van der Waals surface area (Å²) in [5, 5.41) is 16.2. The minimum absolute atomic E-state index is 0.0251. The number of ether oxygens (including phenoxy) is 2. The van der Waals surface area contributed by atoms with Gasteiger partial charge in [-0.3, -0.25) is 19.2 Å². The van der Waals surface area contributed by atoms with Gasteiger partial charge in [0.05, 0.1) is 24.4 Å². The Balaban J connectivity index is 0.914. The van der Waals surface area contributed by atoms with Crippen molar-refractivity contribution >= 4 is 67.5 Å². The molecule has 0 radical (unpaired) electrons. The maximum Gasteiger partial charge on any atom is 0.251 e. The highest BCUT2D eigenvalue weighted by atomic mass is 16.5. The van der Waals surface area contributed by atoms with Gasteiger partial charge in [-0.1, -0.05) is 74.2 Å². The molecule has 7 aromatic rings. The van der Waals surface area contributed by atoms with Crippen LogP contribution in [0.1, 0.15) is 104 Å². The lowest BCUT2D eigenvalue weighted by Crippen LogP contribution is -2.57. The van der Waals surface area contributed by atoms with E-state index in [0.29, 0.717) is 69.5 Å². The molecule has 2 saturated heterocycles. The Morgan fingerprint density at radius 1 is 0.426 bits per heavy atom. The van der Waals surface area contributed by atoms with Crippen molar-refractivity contribution < 1.29 is 37.5 Å². The summed E-state index contributed by atoms with van der Waals surface area (Å²) in [6.45, 7) is 1.03. The van der Waals surface area contributed by atoms with Crippen molar-refractivity contribution in [3.8, 4) is 0 Å². The van der Waals surface area contributed by atoms with E-state index in [1.807, 2.05) is 48.5 Å². The zero-order chi connectivity index (χ0) is 45.6. The molecule has 2 aromatic heterocycles. The smallest absolute Gasteiger partial charge is 0.251 e. The minimum atomic E-state index is -0.339. The number of rotatable bonds is 0. The van der Waals surface area contributed by atoms with Crippen molar-refractivity contribution in [1.29, 1.82) is 0 Å². The van der Waals surface area contributed by atoms with Crippen molar-refractivity contribution in [2.24, 2.45) is 35.5 Å². The first-order valence-corrected chi connectivity index (χ1v) is 24.8. The van der Waals surface area contributed by atoms with Gasteiger partial charge in [-0.15, -0.1) is 0 Å². The van der Waals surface area contributed by atoms with E-state index in [1.165, 1.54) is 0 Å². The lowest BCUT2D eigenvalue weighted by Gasteiger charge is -2.48. The van der Waals surface area contributed by atoms with Crippen LogP contribution in [-0.4, -0.2) is 61.1 Å². The first-order valence-electron chi connectivity index (χ1n) is 24.8. The maximum atomic E-state index is 14.3.